The highest BCUT2D eigenvalue weighted by molar-refractivity contribution is 5.55. The van der Waals surface area contributed by atoms with Crippen LogP contribution in [0.1, 0.15) is 11.4 Å². The molecule has 0 aliphatic rings. The van der Waals surface area contributed by atoms with Gasteiger partial charge in [0.15, 0.2) is 5.82 Å². The summed E-state index contributed by atoms with van der Waals surface area (Å²) < 4.78 is 1.93. The molecule has 0 aliphatic heterocycles. The lowest BCUT2D eigenvalue weighted by molar-refractivity contribution is 0.702. The predicted molar refractivity (Wildman–Crippen MR) is 85.7 cm³/mol. The maximum Gasteiger partial charge on any atom is 0.158 e. The van der Waals surface area contributed by atoms with Crippen molar-refractivity contribution < 1.29 is 0 Å². The molecule has 21 heavy (non-hydrogen) atoms. The molecule has 3 aromatic rings. The normalized spacial score (nSPS) is 11.1. The van der Waals surface area contributed by atoms with Gasteiger partial charge in [-0.2, -0.15) is 5.10 Å². The molecule has 3 heteroatoms. The molecule has 0 saturated carbocycles. The monoisotopic (exact) mass is 275 g/mol. The van der Waals surface area contributed by atoms with Gasteiger partial charge in [-0.1, -0.05) is 72.8 Å². The molecule has 0 radical (unpaired) electrons. The minimum atomic E-state index is 0.708. The van der Waals surface area contributed by atoms with Gasteiger partial charge >= 0.3 is 0 Å². The Balaban J connectivity index is 1.82. The standard InChI is InChI=1S/C18H17N3/c1-15-19-18(17-12-6-3-7-13-17)21(20-15)14-8-11-16-9-4-2-5-10-16/h2-13H,14H2,1H3/b11-8-. The van der Waals surface area contributed by atoms with Crippen molar-refractivity contribution in [2.75, 3.05) is 0 Å². The number of rotatable bonds is 4. The largest absolute Gasteiger partial charge is 0.242 e. The van der Waals surface area contributed by atoms with E-state index in [4.69, 9.17) is 0 Å². The molecule has 104 valence electrons. The number of aryl methyl sites for hydroxylation is 1. The molecule has 2 aromatic carbocycles. The predicted octanol–water partition coefficient (Wildman–Crippen LogP) is 3.97. The molecule has 0 unspecified atom stereocenters. The lowest BCUT2D eigenvalue weighted by atomic mass is 10.2. The molecule has 1 heterocycles. The van der Waals surface area contributed by atoms with E-state index >= 15 is 0 Å². The fourth-order valence-corrected chi connectivity index (χ4v) is 2.24. The smallest absolute Gasteiger partial charge is 0.158 e. The molecule has 0 N–H and O–H groups in total. The van der Waals surface area contributed by atoms with Gasteiger partial charge < -0.3 is 0 Å². The van der Waals surface area contributed by atoms with Crippen molar-refractivity contribution in [1.29, 1.82) is 0 Å². The van der Waals surface area contributed by atoms with Crippen molar-refractivity contribution in [2.24, 2.45) is 0 Å². The Morgan fingerprint density at radius 1 is 0.952 bits per heavy atom. The van der Waals surface area contributed by atoms with Crippen molar-refractivity contribution in [2.45, 2.75) is 13.5 Å². The van der Waals surface area contributed by atoms with Gasteiger partial charge in [0.05, 0.1) is 6.54 Å². The summed E-state index contributed by atoms with van der Waals surface area (Å²) in [7, 11) is 0. The Hall–Kier alpha value is -2.68. The molecule has 0 spiro atoms. The van der Waals surface area contributed by atoms with Crippen LogP contribution in [0.3, 0.4) is 0 Å². The first-order valence-electron chi connectivity index (χ1n) is 7.01. The van der Waals surface area contributed by atoms with Crippen LogP contribution in [0.5, 0.6) is 0 Å². The Labute approximate surface area is 124 Å². The molecule has 0 fully saturated rings. The van der Waals surface area contributed by atoms with Gasteiger partial charge in [-0.15, -0.1) is 0 Å². The van der Waals surface area contributed by atoms with Crippen molar-refractivity contribution in [1.82, 2.24) is 14.8 Å². The first-order valence-corrected chi connectivity index (χ1v) is 7.01. The van der Waals surface area contributed by atoms with Gasteiger partial charge in [0, 0.05) is 5.56 Å². The number of hydrogen-bond acceptors (Lipinski definition) is 2. The molecule has 0 saturated heterocycles. The van der Waals surface area contributed by atoms with E-state index in [0.29, 0.717) is 6.54 Å². The average molecular weight is 275 g/mol. The molecule has 0 atom stereocenters. The van der Waals surface area contributed by atoms with Crippen molar-refractivity contribution in [3.63, 3.8) is 0 Å². The van der Waals surface area contributed by atoms with Crippen LogP contribution in [0.15, 0.2) is 66.7 Å². The van der Waals surface area contributed by atoms with Gasteiger partial charge in [-0.05, 0) is 12.5 Å². The second kappa shape index (κ2) is 6.18. The van der Waals surface area contributed by atoms with Crippen LogP contribution in [0.25, 0.3) is 17.5 Å². The Morgan fingerprint density at radius 3 is 2.33 bits per heavy atom. The summed E-state index contributed by atoms with van der Waals surface area (Å²) in [6.07, 6.45) is 4.21. The number of hydrogen-bond donors (Lipinski definition) is 0. The van der Waals surface area contributed by atoms with Crippen LogP contribution in [-0.2, 0) is 6.54 Å². The molecule has 0 amide bonds. The molecule has 3 rings (SSSR count). The zero-order valence-corrected chi connectivity index (χ0v) is 12.0. The van der Waals surface area contributed by atoms with Crippen molar-refractivity contribution in [3.05, 3.63) is 78.1 Å². The SMILES string of the molecule is Cc1nc(-c2ccccc2)n(C/C=C\c2ccccc2)n1. The van der Waals surface area contributed by atoms with E-state index in [9.17, 15) is 0 Å². The maximum atomic E-state index is 4.52. The fourth-order valence-electron chi connectivity index (χ4n) is 2.24. The van der Waals surface area contributed by atoms with E-state index in [0.717, 1.165) is 17.2 Å². The Bertz CT molecular complexity index is 728. The summed E-state index contributed by atoms with van der Waals surface area (Å²) in [5, 5.41) is 4.47. The van der Waals surface area contributed by atoms with Crippen LogP contribution in [0, 0.1) is 6.92 Å². The lowest BCUT2D eigenvalue weighted by Crippen LogP contribution is -2.00. The molecular weight excluding hydrogens is 258 g/mol. The van der Waals surface area contributed by atoms with E-state index in [1.54, 1.807) is 0 Å². The van der Waals surface area contributed by atoms with Gasteiger partial charge in [0.2, 0.25) is 0 Å². The molecular formula is C18H17N3. The number of allylic oxidation sites excluding steroid dienone is 1. The molecule has 3 nitrogen and oxygen atoms in total. The summed E-state index contributed by atoms with van der Waals surface area (Å²) in [5.41, 5.74) is 2.28. The van der Waals surface area contributed by atoms with Crippen LogP contribution in [-0.4, -0.2) is 14.8 Å². The summed E-state index contributed by atoms with van der Waals surface area (Å²) in [6.45, 7) is 2.63. The second-order valence-electron chi connectivity index (χ2n) is 4.84. The first kappa shape index (κ1) is 13.3. The minimum absolute atomic E-state index is 0.708. The number of benzene rings is 2. The molecule has 0 aliphatic carbocycles. The third-order valence-corrected chi connectivity index (χ3v) is 3.20. The minimum Gasteiger partial charge on any atom is -0.242 e. The molecule has 0 bridgehead atoms. The first-order chi connectivity index (χ1) is 10.3. The highest BCUT2D eigenvalue weighted by atomic mass is 15.3. The Morgan fingerprint density at radius 2 is 1.62 bits per heavy atom. The quantitative estimate of drug-likeness (QED) is 0.721. The van der Waals surface area contributed by atoms with Crippen LogP contribution < -0.4 is 0 Å². The van der Waals surface area contributed by atoms with Crippen LogP contribution >= 0.6 is 0 Å². The third kappa shape index (κ3) is 3.26. The van der Waals surface area contributed by atoms with Gasteiger partial charge in [0.25, 0.3) is 0 Å². The van der Waals surface area contributed by atoms with E-state index in [1.165, 1.54) is 5.56 Å². The van der Waals surface area contributed by atoms with E-state index in [1.807, 2.05) is 48.0 Å². The number of aromatic nitrogens is 3. The summed E-state index contributed by atoms with van der Waals surface area (Å²) in [6, 6.07) is 20.4. The van der Waals surface area contributed by atoms with Gasteiger partial charge in [0.1, 0.15) is 5.82 Å². The van der Waals surface area contributed by atoms with Crippen LogP contribution in [0.2, 0.25) is 0 Å². The van der Waals surface area contributed by atoms with Crippen LogP contribution in [0.4, 0.5) is 0 Å². The van der Waals surface area contributed by atoms with Crippen molar-refractivity contribution in [3.8, 4) is 11.4 Å². The molecule has 1 aromatic heterocycles. The highest BCUT2D eigenvalue weighted by Crippen LogP contribution is 2.16. The van der Waals surface area contributed by atoms with Gasteiger partial charge in [-0.3, -0.25) is 0 Å². The maximum absolute atomic E-state index is 4.52. The van der Waals surface area contributed by atoms with Gasteiger partial charge in [-0.25, -0.2) is 9.67 Å². The topological polar surface area (TPSA) is 30.7 Å². The van der Waals surface area contributed by atoms with Crippen molar-refractivity contribution >= 4 is 6.08 Å². The zero-order valence-electron chi connectivity index (χ0n) is 12.0. The lowest BCUT2D eigenvalue weighted by Gasteiger charge is -2.02. The van der Waals surface area contributed by atoms with E-state index in [-0.39, 0.29) is 0 Å². The fraction of sp³-hybridized carbons (Fsp3) is 0.111. The summed E-state index contributed by atoms with van der Waals surface area (Å²) in [5.74, 6) is 1.70. The zero-order chi connectivity index (χ0) is 14.5. The third-order valence-electron chi connectivity index (χ3n) is 3.20. The summed E-state index contributed by atoms with van der Waals surface area (Å²) >= 11 is 0. The highest BCUT2D eigenvalue weighted by Gasteiger charge is 2.07. The van der Waals surface area contributed by atoms with E-state index in [2.05, 4.69) is 46.5 Å². The summed E-state index contributed by atoms with van der Waals surface area (Å²) in [4.78, 5) is 4.52. The number of nitrogens with zero attached hydrogens (tertiary/aromatic N) is 3. The van der Waals surface area contributed by atoms with E-state index < -0.39 is 0 Å². The second-order valence-corrected chi connectivity index (χ2v) is 4.84. The average Bonchev–Trinajstić information content (AvgIpc) is 2.90. The Kier molecular flexibility index (Phi) is 3.92.